The lowest BCUT2D eigenvalue weighted by molar-refractivity contribution is -0.387. The van der Waals surface area contributed by atoms with Crippen LogP contribution in [0.1, 0.15) is 0 Å². The van der Waals surface area contributed by atoms with Crippen LogP contribution in [0.15, 0.2) is 29.1 Å². The Morgan fingerprint density at radius 1 is 1.42 bits per heavy atom. The second kappa shape index (κ2) is 7.54. The fourth-order valence-corrected chi connectivity index (χ4v) is 3.40. The van der Waals surface area contributed by atoms with Gasteiger partial charge in [0.1, 0.15) is 11.3 Å². The van der Waals surface area contributed by atoms with E-state index in [1.807, 2.05) is 0 Å². The molecule has 0 fully saturated rings. The van der Waals surface area contributed by atoms with Crippen molar-refractivity contribution in [3.8, 4) is 11.3 Å². The number of aromatic nitrogens is 2. The van der Waals surface area contributed by atoms with E-state index < -0.39 is 24.5 Å². The van der Waals surface area contributed by atoms with E-state index in [1.54, 1.807) is 4.57 Å². The molecular formula is C15H19BrFN3O3Si. The van der Waals surface area contributed by atoms with Crippen LogP contribution in [0.5, 0.6) is 0 Å². The molecule has 0 atom stereocenters. The van der Waals surface area contributed by atoms with Crippen molar-refractivity contribution in [2.45, 2.75) is 32.4 Å². The molecule has 0 saturated carbocycles. The number of ether oxygens (including phenoxy) is 1. The van der Waals surface area contributed by atoms with E-state index in [1.165, 1.54) is 18.5 Å². The van der Waals surface area contributed by atoms with E-state index in [0.717, 1.165) is 12.1 Å². The van der Waals surface area contributed by atoms with Gasteiger partial charge < -0.3 is 9.30 Å². The second-order valence-electron chi connectivity index (χ2n) is 6.60. The summed E-state index contributed by atoms with van der Waals surface area (Å²) in [5.41, 5.74) is -0.0293. The quantitative estimate of drug-likeness (QED) is 0.285. The van der Waals surface area contributed by atoms with Gasteiger partial charge in [0.15, 0.2) is 0 Å². The first-order valence-electron chi connectivity index (χ1n) is 7.42. The lowest BCUT2D eigenvalue weighted by atomic mass is 10.1. The van der Waals surface area contributed by atoms with Crippen LogP contribution >= 0.6 is 15.9 Å². The van der Waals surface area contributed by atoms with Crippen molar-refractivity contribution in [2.75, 3.05) is 6.61 Å². The lowest BCUT2D eigenvalue weighted by Crippen LogP contribution is -2.22. The van der Waals surface area contributed by atoms with Crippen LogP contribution in [0.3, 0.4) is 0 Å². The van der Waals surface area contributed by atoms with Gasteiger partial charge in [-0.1, -0.05) is 25.7 Å². The van der Waals surface area contributed by atoms with E-state index in [2.05, 4.69) is 40.6 Å². The standard InChI is InChI=1S/C15H19BrFN3O3Si/c1-24(2,3)8-7-23-10-19-9-18-15(16)14(19)11-5-4-6-12(13(11)17)20(21)22/h4-6,9H,7-8,10H2,1-3H3. The zero-order valence-electron chi connectivity index (χ0n) is 13.8. The van der Waals surface area contributed by atoms with Crippen molar-refractivity contribution in [2.24, 2.45) is 0 Å². The molecule has 1 aromatic carbocycles. The Kier molecular flexibility index (Phi) is 5.89. The Labute approximate surface area is 148 Å². The third-order valence-electron chi connectivity index (χ3n) is 3.45. The highest BCUT2D eigenvalue weighted by atomic mass is 79.9. The van der Waals surface area contributed by atoms with Crippen molar-refractivity contribution in [3.05, 3.63) is 45.1 Å². The van der Waals surface area contributed by atoms with Crippen LogP contribution in [0, 0.1) is 15.9 Å². The van der Waals surface area contributed by atoms with E-state index >= 15 is 0 Å². The van der Waals surface area contributed by atoms with E-state index in [9.17, 15) is 14.5 Å². The Hall–Kier alpha value is -1.58. The van der Waals surface area contributed by atoms with Crippen LogP contribution < -0.4 is 0 Å². The average molecular weight is 416 g/mol. The van der Waals surface area contributed by atoms with Gasteiger partial charge in [-0.25, -0.2) is 4.98 Å². The number of nitrogens with zero attached hydrogens (tertiary/aromatic N) is 3. The van der Waals surface area contributed by atoms with Gasteiger partial charge in [-0.05, 0) is 28.0 Å². The van der Waals surface area contributed by atoms with Crippen molar-refractivity contribution in [3.63, 3.8) is 0 Å². The first-order chi connectivity index (χ1) is 11.2. The van der Waals surface area contributed by atoms with E-state index in [-0.39, 0.29) is 12.3 Å². The molecule has 0 spiro atoms. The number of nitro benzene ring substituents is 1. The summed E-state index contributed by atoms with van der Waals surface area (Å²) in [4.78, 5) is 14.3. The zero-order chi connectivity index (χ0) is 17.9. The molecule has 0 amide bonds. The summed E-state index contributed by atoms with van der Waals surface area (Å²) < 4.78 is 22.2. The highest BCUT2D eigenvalue weighted by molar-refractivity contribution is 9.10. The topological polar surface area (TPSA) is 70.2 Å². The molecule has 9 heteroatoms. The maximum Gasteiger partial charge on any atom is 0.305 e. The molecule has 130 valence electrons. The summed E-state index contributed by atoms with van der Waals surface area (Å²) in [6, 6.07) is 5.09. The van der Waals surface area contributed by atoms with Crippen LogP contribution in [0.4, 0.5) is 10.1 Å². The number of halogens is 2. The van der Waals surface area contributed by atoms with Crippen molar-refractivity contribution in [1.29, 1.82) is 0 Å². The summed E-state index contributed by atoms with van der Waals surface area (Å²) in [7, 11) is -1.19. The molecule has 0 radical (unpaired) electrons. The molecule has 2 aromatic rings. The van der Waals surface area contributed by atoms with E-state index in [4.69, 9.17) is 4.74 Å². The Bertz CT molecular complexity index is 746. The van der Waals surface area contributed by atoms with E-state index in [0.29, 0.717) is 16.9 Å². The molecule has 0 aliphatic heterocycles. The summed E-state index contributed by atoms with van der Waals surface area (Å²) in [6.45, 7) is 7.60. The molecule has 0 aliphatic carbocycles. The molecule has 0 bridgehead atoms. The molecule has 0 saturated heterocycles. The Morgan fingerprint density at radius 2 is 2.12 bits per heavy atom. The third kappa shape index (κ3) is 4.49. The SMILES string of the molecule is C[Si](C)(C)CCOCn1cnc(Br)c1-c1cccc([N+](=O)[O-])c1F. The number of nitro groups is 1. The first kappa shape index (κ1) is 18.8. The maximum atomic E-state index is 14.5. The highest BCUT2D eigenvalue weighted by Gasteiger charge is 2.22. The lowest BCUT2D eigenvalue weighted by Gasteiger charge is -2.16. The van der Waals surface area contributed by atoms with Crippen LogP contribution in [0.2, 0.25) is 25.7 Å². The summed E-state index contributed by atoms with van der Waals surface area (Å²) >= 11 is 3.27. The number of hydrogen-bond donors (Lipinski definition) is 0. The smallest absolute Gasteiger partial charge is 0.305 e. The minimum Gasteiger partial charge on any atom is -0.361 e. The molecule has 6 nitrogen and oxygen atoms in total. The van der Waals surface area contributed by atoms with Crippen LogP contribution in [-0.4, -0.2) is 29.2 Å². The first-order valence-corrected chi connectivity index (χ1v) is 11.9. The fraction of sp³-hybridized carbons (Fsp3) is 0.400. The minimum atomic E-state index is -1.19. The van der Waals surface area contributed by atoms with Gasteiger partial charge in [0.25, 0.3) is 0 Å². The monoisotopic (exact) mass is 415 g/mol. The van der Waals surface area contributed by atoms with Crippen LogP contribution in [-0.2, 0) is 11.5 Å². The number of benzene rings is 1. The number of imidazole rings is 1. The molecule has 1 heterocycles. The Morgan fingerprint density at radius 3 is 2.75 bits per heavy atom. The predicted octanol–water partition coefficient (Wildman–Crippen LogP) is 4.67. The molecule has 0 N–H and O–H groups in total. The maximum absolute atomic E-state index is 14.5. The minimum absolute atomic E-state index is 0.113. The average Bonchev–Trinajstić information content (AvgIpc) is 2.84. The van der Waals surface area contributed by atoms with Crippen LogP contribution in [0.25, 0.3) is 11.3 Å². The molecule has 0 unspecified atom stereocenters. The Balaban J connectivity index is 2.25. The van der Waals surface area contributed by atoms with Gasteiger partial charge in [-0.3, -0.25) is 10.1 Å². The molecule has 24 heavy (non-hydrogen) atoms. The largest absolute Gasteiger partial charge is 0.361 e. The number of hydrogen-bond acceptors (Lipinski definition) is 4. The van der Waals surface area contributed by atoms with Gasteiger partial charge in [0.2, 0.25) is 5.82 Å². The van der Waals surface area contributed by atoms with Gasteiger partial charge >= 0.3 is 5.69 Å². The highest BCUT2D eigenvalue weighted by Crippen LogP contribution is 2.33. The van der Waals surface area contributed by atoms with Gasteiger partial charge in [0, 0.05) is 26.3 Å². The second-order valence-corrected chi connectivity index (χ2v) is 13.0. The van der Waals surface area contributed by atoms with Gasteiger partial charge in [-0.2, -0.15) is 4.39 Å². The normalized spacial score (nSPS) is 11.7. The zero-order valence-corrected chi connectivity index (χ0v) is 16.3. The third-order valence-corrected chi connectivity index (χ3v) is 5.73. The van der Waals surface area contributed by atoms with Crippen molar-refractivity contribution in [1.82, 2.24) is 9.55 Å². The molecular weight excluding hydrogens is 397 g/mol. The molecule has 1 aromatic heterocycles. The number of rotatable bonds is 7. The van der Waals surface area contributed by atoms with Gasteiger partial charge in [-0.15, -0.1) is 0 Å². The predicted molar refractivity (Wildman–Crippen MR) is 96.1 cm³/mol. The molecule has 2 rings (SSSR count). The van der Waals surface area contributed by atoms with Crippen molar-refractivity contribution >= 4 is 29.7 Å². The summed E-state index contributed by atoms with van der Waals surface area (Å²) in [6.07, 6.45) is 1.52. The summed E-state index contributed by atoms with van der Waals surface area (Å²) in [5, 5.41) is 10.9. The fourth-order valence-electron chi connectivity index (χ4n) is 2.11. The van der Waals surface area contributed by atoms with Crippen molar-refractivity contribution < 1.29 is 14.1 Å². The summed E-state index contributed by atoms with van der Waals surface area (Å²) in [5.74, 6) is -0.882. The van der Waals surface area contributed by atoms with Gasteiger partial charge in [0.05, 0.1) is 16.9 Å². The molecule has 0 aliphatic rings.